The second-order valence-electron chi connectivity index (χ2n) is 6.65. The first-order valence-electron chi connectivity index (χ1n) is 9.17. The molecule has 6 heteroatoms. The number of pyridine rings is 1. The van der Waals surface area contributed by atoms with E-state index in [-0.39, 0.29) is 5.91 Å². The fourth-order valence-corrected chi connectivity index (χ4v) is 3.19. The third-order valence-corrected chi connectivity index (χ3v) is 4.77. The molecule has 6 nitrogen and oxygen atoms in total. The molecule has 4 aromatic rings. The summed E-state index contributed by atoms with van der Waals surface area (Å²) in [5, 5.41) is 2.93. The number of ether oxygens (including phenoxy) is 2. The first-order chi connectivity index (χ1) is 14.1. The van der Waals surface area contributed by atoms with Crippen LogP contribution in [0.2, 0.25) is 0 Å². The summed E-state index contributed by atoms with van der Waals surface area (Å²) in [6.07, 6.45) is 3.94. The number of amides is 1. The molecule has 0 atom stereocenters. The van der Waals surface area contributed by atoms with Gasteiger partial charge in [-0.2, -0.15) is 0 Å². The maximum absolute atomic E-state index is 12.7. The molecular weight excluding hydrogens is 366 g/mol. The highest BCUT2D eigenvalue weighted by Crippen LogP contribution is 2.31. The van der Waals surface area contributed by atoms with Crippen LogP contribution in [0.5, 0.6) is 11.5 Å². The average molecular weight is 387 g/mol. The summed E-state index contributed by atoms with van der Waals surface area (Å²) >= 11 is 0. The largest absolute Gasteiger partial charge is 0.497 e. The molecule has 0 bridgehead atoms. The van der Waals surface area contributed by atoms with E-state index in [4.69, 9.17) is 14.5 Å². The highest BCUT2D eigenvalue weighted by Gasteiger charge is 2.13. The molecule has 2 aromatic carbocycles. The minimum absolute atomic E-state index is 0.228. The molecule has 29 heavy (non-hydrogen) atoms. The van der Waals surface area contributed by atoms with Crippen molar-refractivity contribution < 1.29 is 14.3 Å². The second-order valence-corrected chi connectivity index (χ2v) is 6.65. The molecule has 1 amide bonds. The van der Waals surface area contributed by atoms with Crippen LogP contribution in [0.1, 0.15) is 15.9 Å². The Balaban J connectivity index is 1.67. The predicted molar refractivity (Wildman–Crippen MR) is 113 cm³/mol. The Bertz CT molecular complexity index is 1180. The van der Waals surface area contributed by atoms with Crippen molar-refractivity contribution in [1.29, 1.82) is 0 Å². The van der Waals surface area contributed by atoms with Gasteiger partial charge >= 0.3 is 0 Å². The number of carbonyl (C=O) groups is 1. The second kappa shape index (κ2) is 7.67. The zero-order valence-electron chi connectivity index (χ0n) is 16.5. The number of imidazole rings is 1. The van der Waals surface area contributed by atoms with Crippen molar-refractivity contribution >= 4 is 17.2 Å². The van der Waals surface area contributed by atoms with Crippen LogP contribution in [0.4, 0.5) is 5.69 Å². The minimum Gasteiger partial charge on any atom is -0.497 e. The summed E-state index contributed by atoms with van der Waals surface area (Å²) in [4.78, 5) is 17.4. The van der Waals surface area contributed by atoms with E-state index >= 15 is 0 Å². The maximum Gasteiger partial charge on any atom is 0.255 e. The van der Waals surface area contributed by atoms with Crippen molar-refractivity contribution in [2.75, 3.05) is 19.5 Å². The highest BCUT2D eigenvalue weighted by molar-refractivity contribution is 6.05. The predicted octanol–water partition coefficient (Wildman–Crippen LogP) is 4.58. The van der Waals surface area contributed by atoms with Gasteiger partial charge in [0.2, 0.25) is 0 Å². The number of hydrogen-bond acceptors (Lipinski definition) is 4. The molecule has 1 N–H and O–H groups in total. The molecule has 0 fully saturated rings. The van der Waals surface area contributed by atoms with E-state index in [1.165, 1.54) is 0 Å². The van der Waals surface area contributed by atoms with E-state index in [1.807, 2.05) is 54.0 Å². The van der Waals surface area contributed by atoms with Gasteiger partial charge < -0.3 is 19.2 Å². The van der Waals surface area contributed by atoms with Crippen molar-refractivity contribution in [3.05, 3.63) is 78.1 Å². The van der Waals surface area contributed by atoms with Crippen LogP contribution in [-0.4, -0.2) is 29.5 Å². The van der Waals surface area contributed by atoms with Crippen molar-refractivity contribution in [1.82, 2.24) is 9.38 Å². The summed E-state index contributed by atoms with van der Waals surface area (Å²) in [6, 6.07) is 16.6. The normalized spacial score (nSPS) is 10.7. The van der Waals surface area contributed by atoms with E-state index < -0.39 is 0 Å². The number of nitrogens with one attached hydrogen (secondary N) is 1. The minimum atomic E-state index is -0.228. The monoisotopic (exact) mass is 387 g/mol. The lowest BCUT2D eigenvalue weighted by molar-refractivity contribution is 0.102. The quantitative estimate of drug-likeness (QED) is 0.544. The lowest BCUT2D eigenvalue weighted by Crippen LogP contribution is -2.12. The first-order valence-corrected chi connectivity index (χ1v) is 9.17. The first kappa shape index (κ1) is 18.6. The van der Waals surface area contributed by atoms with Gasteiger partial charge in [-0.15, -0.1) is 0 Å². The van der Waals surface area contributed by atoms with Crippen molar-refractivity contribution in [3.8, 4) is 22.8 Å². The number of fused-ring (bicyclic) bond motifs is 1. The molecule has 0 unspecified atom stereocenters. The van der Waals surface area contributed by atoms with E-state index in [0.29, 0.717) is 22.7 Å². The average Bonchev–Trinajstić information content (AvgIpc) is 3.19. The van der Waals surface area contributed by atoms with Crippen LogP contribution in [-0.2, 0) is 0 Å². The molecule has 0 saturated heterocycles. The third kappa shape index (κ3) is 3.65. The van der Waals surface area contributed by atoms with Gasteiger partial charge in [-0.1, -0.05) is 6.07 Å². The zero-order valence-corrected chi connectivity index (χ0v) is 16.5. The van der Waals surface area contributed by atoms with Gasteiger partial charge in [-0.25, -0.2) is 4.98 Å². The summed E-state index contributed by atoms with van der Waals surface area (Å²) in [5.74, 6) is 1.05. The van der Waals surface area contributed by atoms with Gasteiger partial charge in [-0.3, -0.25) is 4.79 Å². The fraction of sp³-hybridized carbons (Fsp3) is 0.130. The van der Waals surface area contributed by atoms with Gasteiger partial charge in [0.15, 0.2) is 0 Å². The SMILES string of the molecule is COc1ccc(C(=O)Nc2cc(-c3cn4cccc(C)c4n3)ccc2OC)cc1. The van der Waals surface area contributed by atoms with Crippen LogP contribution in [0.15, 0.2) is 67.0 Å². The Morgan fingerprint density at radius 1 is 1.03 bits per heavy atom. The number of aromatic nitrogens is 2. The van der Waals surface area contributed by atoms with Crippen molar-refractivity contribution in [3.63, 3.8) is 0 Å². The van der Waals surface area contributed by atoms with E-state index in [1.54, 1.807) is 38.5 Å². The summed E-state index contributed by atoms with van der Waals surface area (Å²) in [6.45, 7) is 2.03. The molecular formula is C23H21N3O3. The highest BCUT2D eigenvalue weighted by atomic mass is 16.5. The number of rotatable bonds is 5. The number of benzene rings is 2. The van der Waals surface area contributed by atoms with Gasteiger partial charge in [0.05, 0.1) is 25.6 Å². The number of hydrogen-bond donors (Lipinski definition) is 1. The Morgan fingerprint density at radius 2 is 1.83 bits per heavy atom. The molecule has 146 valence electrons. The van der Waals surface area contributed by atoms with Crippen LogP contribution < -0.4 is 14.8 Å². The summed E-state index contributed by atoms with van der Waals surface area (Å²) in [5.41, 5.74) is 4.82. The molecule has 0 spiro atoms. The number of carbonyl (C=O) groups excluding carboxylic acids is 1. The molecule has 2 heterocycles. The zero-order chi connectivity index (χ0) is 20.4. The lowest BCUT2D eigenvalue weighted by atomic mass is 10.1. The molecule has 4 rings (SSSR count). The van der Waals surface area contributed by atoms with Crippen LogP contribution >= 0.6 is 0 Å². The van der Waals surface area contributed by atoms with Gasteiger partial charge in [0.1, 0.15) is 17.1 Å². The van der Waals surface area contributed by atoms with Gasteiger partial charge in [0, 0.05) is 23.5 Å². The van der Waals surface area contributed by atoms with Crippen LogP contribution in [0, 0.1) is 6.92 Å². The van der Waals surface area contributed by atoms with Gasteiger partial charge in [-0.05, 0) is 61.0 Å². The topological polar surface area (TPSA) is 64.9 Å². The third-order valence-electron chi connectivity index (χ3n) is 4.77. The maximum atomic E-state index is 12.7. The Labute approximate surface area is 168 Å². The lowest BCUT2D eigenvalue weighted by Gasteiger charge is -2.12. The van der Waals surface area contributed by atoms with Crippen molar-refractivity contribution in [2.24, 2.45) is 0 Å². The Kier molecular flexibility index (Phi) is 4.91. The Morgan fingerprint density at radius 3 is 2.52 bits per heavy atom. The van der Waals surface area contributed by atoms with E-state index in [2.05, 4.69) is 5.32 Å². The summed E-state index contributed by atoms with van der Waals surface area (Å²) < 4.78 is 12.6. The molecule has 0 radical (unpaired) electrons. The number of anilines is 1. The Hall–Kier alpha value is -3.80. The van der Waals surface area contributed by atoms with Gasteiger partial charge in [0.25, 0.3) is 5.91 Å². The molecule has 0 aliphatic heterocycles. The smallest absolute Gasteiger partial charge is 0.255 e. The molecule has 0 aliphatic rings. The summed E-state index contributed by atoms with van der Waals surface area (Å²) in [7, 11) is 3.17. The van der Waals surface area contributed by atoms with E-state index in [9.17, 15) is 4.79 Å². The standard InChI is InChI=1S/C23H21N3O3/c1-15-5-4-12-26-14-20(24-22(15)26)17-8-11-21(29-3)19(13-17)25-23(27)16-6-9-18(28-2)10-7-16/h4-14H,1-3H3,(H,25,27). The fourth-order valence-electron chi connectivity index (χ4n) is 3.19. The molecule has 0 saturated carbocycles. The van der Waals surface area contributed by atoms with Crippen molar-refractivity contribution in [2.45, 2.75) is 6.92 Å². The van der Waals surface area contributed by atoms with E-state index in [0.717, 1.165) is 22.5 Å². The number of nitrogens with zero attached hydrogens (tertiary/aromatic N) is 2. The van der Waals surface area contributed by atoms with Crippen LogP contribution in [0.3, 0.4) is 0 Å². The molecule has 2 aromatic heterocycles. The molecule has 0 aliphatic carbocycles. The van der Waals surface area contributed by atoms with Crippen LogP contribution in [0.25, 0.3) is 16.9 Å². The number of aryl methyl sites for hydroxylation is 1. The number of methoxy groups -OCH3 is 2.